The fraction of sp³-hybridized carbons (Fsp3) is 0.391. The lowest BCUT2D eigenvalue weighted by Crippen LogP contribution is -2.36. The zero-order valence-electron chi connectivity index (χ0n) is 17.3. The van der Waals surface area contributed by atoms with Crippen molar-refractivity contribution in [1.82, 2.24) is 14.9 Å². The van der Waals surface area contributed by atoms with Crippen molar-refractivity contribution in [3.63, 3.8) is 0 Å². The van der Waals surface area contributed by atoms with Gasteiger partial charge in [0.1, 0.15) is 5.52 Å². The normalized spacial score (nSPS) is 15.2. The van der Waals surface area contributed by atoms with Crippen molar-refractivity contribution in [2.75, 3.05) is 5.32 Å². The van der Waals surface area contributed by atoms with E-state index in [0.717, 1.165) is 37.3 Å². The largest absolute Gasteiger partial charge is 0.416 e. The number of rotatable bonds is 5. The number of hydrogen-bond donors (Lipinski definition) is 2. The Kier molecular flexibility index (Phi) is 5.89. The third-order valence-corrected chi connectivity index (χ3v) is 5.82. The maximum Gasteiger partial charge on any atom is 0.416 e. The molecule has 0 saturated heterocycles. The van der Waals surface area contributed by atoms with Crippen LogP contribution < -0.4 is 10.6 Å². The summed E-state index contributed by atoms with van der Waals surface area (Å²) in [4.78, 5) is 17.4. The minimum absolute atomic E-state index is 0.0112. The van der Waals surface area contributed by atoms with Gasteiger partial charge in [-0.15, -0.1) is 0 Å². The molecule has 1 aliphatic carbocycles. The number of aromatic nitrogens is 2. The van der Waals surface area contributed by atoms with E-state index in [1.54, 1.807) is 29.1 Å². The molecule has 1 aliphatic rings. The van der Waals surface area contributed by atoms with Gasteiger partial charge in [0.25, 0.3) is 5.91 Å². The second-order valence-electron chi connectivity index (χ2n) is 8.06. The molecule has 2 aromatic carbocycles. The third-order valence-electron chi connectivity index (χ3n) is 5.82. The Morgan fingerprint density at radius 3 is 2.65 bits per heavy atom. The lowest BCUT2D eigenvalue weighted by molar-refractivity contribution is -0.138. The minimum atomic E-state index is -4.42. The minimum Gasteiger partial charge on any atom is -0.381 e. The first-order valence-electron chi connectivity index (χ1n) is 10.5. The van der Waals surface area contributed by atoms with Crippen LogP contribution in [0.4, 0.5) is 18.9 Å². The molecule has 2 N–H and O–H groups in total. The molecular formula is C23H25F3N4O. The van der Waals surface area contributed by atoms with E-state index in [1.165, 1.54) is 18.6 Å². The number of carbonyl (C=O) groups is 1. The van der Waals surface area contributed by atoms with Crippen LogP contribution >= 0.6 is 0 Å². The Bertz CT molecular complexity index is 1080. The molecule has 4 rings (SSSR count). The second kappa shape index (κ2) is 8.61. The van der Waals surface area contributed by atoms with Gasteiger partial charge >= 0.3 is 6.18 Å². The van der Waals surface area contributed by atoms with Crippen molar-refractivity contribution in [1.29, 1.82) is 0 Å². The van der Waals surface area contributed by atoms with Crippen LogP contribution in [0.15, 0.2) is 42.7 Å². The SMILES string of the molecule is Cn1cnc2c(C(=O)NC3CCCCC3)cc(NCc3ccccc3C(F)(F)F)cc21. The van der Waals surface area contributed by atoms with Gasteiger partial charge < -0.3 is 15.2 Å². The van der Waals surface area contributed by atoms with E-state index in [9.17, 15) is 18.0 Å². The summed E-state index contributed by atoms with van der Waals surface area (Å²) in [7, 11) is 1.82. The number of hydrogen-bond acceptors (Lipinski definition) is 3. The van der Waals surface area contributed by atoms with E-state index in [2.05, 4.69) is 15.6 Å². The average molecular weight is 430 g/mol. The van der Waals surface area contributed by atoms with Crippen molar-refractivity contribution in [2.24, 2.45) is 7.05 Å². The van der Waals surface area contributed by atoms with Gasteiger partial charge in [-0.25, -0.2) is 4.98 Å². The molecule has 5 nitrogen and oxygen atoms in total. The highest BCUT2D eigenvalue weighted by atomic mass is 19.4. The molecule has 3 aromatic rings. The van der Waals surface area contributed by atoms with Crippen molar-refractivity contribution in [3.8, 4) is 0 Å². The fourth-order valence-electron chi connectivity index (χ4n) is 4.16. The number of alkyl halides is 3. The molecule has 8 heteroatoms. The van der Waals surface area contributed by atoms with E-state index >= 15 is 0 Å². The van der Waals surface area contributed by atoms with Gasteiger partial charge in [-0.05, 0) is 36.6 Å². The van der Waals surface area contributed by atoms with Gasteiger partial charge in [0.05, 0.1) is 23.0 Å². The highest BCUT2D eigenvalue weighted by Gasteiger charge is 2.32. The number of carbonyl (C=O) groups excluding carboxylic acids is 1. The maximum absolute atomic E-state index is 13.3. The number of aryl methyl sites for hydroxylation is 1. The Morgan fingerprint density at radius 1 is 1.16 bits per heavy atom. The summed E-state index contributed by atoms with van der Waals surface area (Å²) in [5.74, 6) is -0.199. The molecule has 31 heavy (non-hydrogen) atoms. The van der Waals surface area contributed by atoms with Gasteiger partial charge in [0, 0.05) is 25.3 Å². The highest BCUT2D eigenvalue weighted by molar-refractivity contribution is 6.06. The lowest BCUT2D eigenvalue weighted by Gasteiger charge is -2.23. The van der Waals surface area contributed by atoms with Crippen molar-refractivity contribution >= 4 is 22.6 Å². The highest BCUT2D eigenvalue weighted by Crippen LogP contribution is 2.32. The van der Waals surface area contributed by atoms with Crippen LogP contribution in [-0.2, 0) is 19.8 Å². The number of nitrogens with zero attached hydrogens (tertiary/aromatic N) is 2. The van der Waals surface area contributed by atoms with Gasteiger partial charge in [0.15, 0.2) is 0 Å². The third kappa shape index (κ3) is 4.68. The van der Waals surface area contributed by atoms with E-state index < -0.39 is 11.7 Å². The van der Waals surface area contributed by atoms with Crippen LogP contribution in [0, 0.1) is 0 Å². The molecule has 1 saturated carbocycles. The van der Waals surface area contributed by atoms with E-state index in [0.29, 0.717) is 16.8 Å². The Hall–Kier alpha value is -3.03. The molecule has 1 fully saturated rings. The first-order valence-corrected chi connectivity index (χ1v) is 10.5. The van der Waals surface area contributed by atoms with Crippen molar-refractivity contribution < 1.29 is 18.0 Å². The number of fused-ring (bicyclic) bond motifs is 1. The van der Waals surface area contributed by atoms with Crippen LogP contribution in [0.25, 0.3) is 11.0 Å². The fourth-order valence-corrected chi connectivity index (χ4v) is 4.16. The summed E-state index contributed by atoms with van der Waals surface area (Å²) in [6.45, 7) is -0.0112. The number of imidazole rings is 1. The summed E-state index contributed by atoms with van der Waals surface area (Å²) in [6.07, 6.45) is 2.52. The Labute approximate surface area is 178 Å². The zero-order valence-corrected chi connectivity index (χ0v) is 17.3. The molecule has 0 spiro atoms. The number of amides is 1. The predicted molar refractivity (Wildman–Crippen MR) is 114 cm³/mol. The monoisotopic (exact) mass is 430 g/mol. The summed E-state index contributed by atoms with van der Waals surface area (Å²) < 4.78 is 41.7. The van der Waals surface area contributed by atoms with Gasteiger partial charge in [-0.2, -0.15) is 13.2 Å². The molecule has 1 heterocycles. The average Bonchev–Trinajstić information content (AvgIpc) is 3.12. The predicted octanol–water partition coefficient (Wildman–Crippen LogP) is 5.27. The molecule has 1 aromatic heterocycles. The lowest BCUT2D eigenvalue weighted by atomic mass is 9.95. The maximum atomic E-state index is 13.3. The number of benzene rings is 2. The topological polar surface area (TPSA) is 59.0 Å². The first kappa shape index (κ1) is 21.2. The molecule has 164 valence electrons. The summed E-state index contributed by atoms with van der Waals surface area (Å²) in [5, 5.41) is 6.16. The van der Waals surface area contributed by atoms with Gasteiger partial charge in [-0.1, -0.05) is 37.5 Å². The van der Waals surface area contributed by atoms with Crippen LogP contribution in [0.5, 0.6) is 0 Å². The van der Waals surface area contributed by atoms with Crippen LogP contribution in [0.2, 0.25) is 0 Å². The van der Waals surface area contributed by atoms with Crippen LogP contribution in [0.3, 0.4) is 0 Å². The zero-order chi connectivity index (χ0) is 22.0. The number of halogens is 3. The molecule has 0 aliphatic heterocycles. The van der Waals surface area contributed by atoms with E-state index in [1.807, 2.05) is 7.05 Å². The number of nitrogens with one attached hydrogen (secondary N) is 2. The summed E-state index contributed by atoms with van der Waals surface area (Å²) in [6, 6.07) is 9.11. The van der Waals surface area contributed by atoms with E-state index in [-0.39, 0.29) is 24.1 Å². The smallest absolute Gasteiger partial charge is 0.381 e. The number of anilines is 1. The van der Waals surface area contributed by atoms with Gasteiger partial charge in [0.2, 0.25) is 0 Å². The first-order chi connectivity index (χ1) is 14.8. The molecule has 0 unspecified atom stereocenters. The van der Waals surface area contributed by atoms with Crippen LogP contribution in [0.1, 0.15) is 53.6 Å². The molecule has 0 bridgehead atoms. The second-order valence-corrected chi connectivity index (χ2v) is 8.06. The Morgan fingerprint density at radius 2 is 1.90 bits per heavy atom. The molecule has 0 atom stereocenters. The van der Waals surface area contributed by atoms with Gasteiger partial charge in [-0.3, -0.25) is 4.79 Å². The standard InChI is InChI=1S/C23H25F3N4O/c1-30-14-28-21-18(22(31)29-16-8-3-2-4-9-16)11-17(12-20(21)30)27-13-15-7-5-6-10-19(15)23(24,25)26/h5-7,10-12,14,16,27H,2-4,8-9,13H2,1H3,(H,29,31). The van der Waals surface area contributed by atoms with E-state index in [4.69, 9.17) is 0 Å². The summed E-state index contributed by atoms with van der Waals surface area (Å²) in [5.41, 5.74) is 1.80. The molecular weight excluding hydrogens is 405 g/mol. The van der Waals surface area contributed by atoms with Crippen molar-refractivity contribution in [3.05, 3.63) is 59.4 Å². The quantitative estimate of drug-likeness (QED) is 0.580. The molecule has 1 amide bonds. The summed E-state index contributed by atoms with van der Waals surface area (Å²) >= 11 is 0. The molecule has 0 radical (unpaired) electrons. The van der Waals surface area contributed by atoms with Crippen LogP contribution in [-0.4, -0.2) is 21.5 Å². The Balaban J connectivity index is 1.60. The van der Waals surface area contributed by atoms with Crippen molar-refractivity contribution in [2.45, 2.75) is 50.9 Å².